The van der Waals surface area contributed by atoms with Crippen molar-refractivity contribution >= 4 is 6.16 Å². The molecule has 96 valence electrons. The normalized spacial score (nSPS) is 15.0. The molecule has 0 amide bonds. The van der Waals surface area contributed by atoms with Crippen molar-refractivity contribution in [2.24, 2.45) is 11.8 Å². The summed E-state index contributed by atoms with van der Waals surface area (Å²) >= 11 is 0. The highest BCUT2D eigenvalue weighted by atomic mass is 17.3. The van der Waals surface area contributed by atoms with Gasteiger partial charge in [0.25, 0.3) is 0 Å². The van der Waals surface area contributed by atoms with Crippen LogP contribution in [-0.4, -0.2) is 18.4 Å². The van der Waals surface area contributed by atoms with E-state index in [0.29, 0.717) is 0 Å². The zero-order valence-electron chi connectivity index (χ0n) is 10.9. The van der Waals surface area contributed by atoms with Crippen molar-refractivity contribution in [3.05, 3.63) is 0 Å². The minimum atomic E-state index is -0.986. The summed E-state index contributed by atoms with van der Waals surface area (Å²) in [5.41, 5.74) is 0. The molecule has 0 heterocycles. The quantitative estimate of drug-likeness (QED) is 0.522. The molecule has 0 aromatic carbocycles. The Morgan fingerprint density at radius 2 is 1.06 bits per heavy atom. The summed E-state index contributed by atoms with van der Waals surface area (Å²) in [6, 6.07) is 0. The van der Waals surface area contributed by atoms with Crippen LogP contribution >= 0.6 is 0 Å². The summed E-state index contributed by atoms with van der Waals surface area (Å²) in [6.45, 7) is 11.4. The number of hydrogen-bond donors (Lipinski definition) is 0. The molecule has 0 aliphatic heterocycles. The van der Waals surface area contributed by atoms with E-state index in [1.54, 1.807) is 13.8 Å². The van der Waals surface area contributed by atoms with Gasteiger partial charge >= 0.3 is 6.16 Å². The van der Waals surface area contributed by atoms with Gasteiger partial charge in [-0.15, -0.1) is 0 Å². The van der Waals surface area contributed by atoms with Crippen LogP contribution in [0, 0.1) is 11.8 Å². The summed E-state index contributed by atoms with van der Waals surface area (Å²) < 4.78 is 0. The van der Waals surface area contributed by atoms with E-state index in [1.165, 1.54) is 0 Å². The fourth-order valence-corrected chi connectivity index (χ4v) is 0.466. The lowest BCUT2D eigenvalue weighted by atomic mass is 10.1. The minimum absolute atomic E-state index is 0.185. The van der Waals surface area contributed by atoms with Crippen molar-refractivity contribution in [1.29, 1.82) is 0 Å². The first-order chi connectivity index (χ1) is 7.34. The summed E-state index contributed by atoms with van der Waals surface area (Å²) in [6.07, 6.45) is -1.36. The predicted octanol–water partition coefficient (Wildman–Crippen LogP) is 3.09. The molecule has 5 nitrogen and oxygen atoms in total. The first kappa shape index (κ1) is 15.2. The van der Waals surface area contributed by atoms with Gasteiger partial charge in [-0.3, -0.25) is 9.78 Å². The fourth-order valence-electron chi connectivity index (χ4n) is 0.466. The highest BCUT2D eigenvalue weighted by Crippen LogP contribution is 2.08. The molecule has 16 heavy (non-hydrogen) atoms. The third kappa shape index (κ3) is 6.63. The Kier molecular flexibility index (Phi) is 7.08. The first-order valence-electron chi connectivity index (χ1n) is 5.55. The molecular formula is C11H22O5. The lowest BCUT2D eigenvalue weighted by Gasteiger charge is -2.15. The highest BCUT2D eigenvalue weighted by molar-refractivity contribution is 5.58. The summed E-state index contributed by atoms with van der Waals surface area (Å²) in [5.74, 6) is 0.506. The van der Waals surface area contributed by atoms with E-state index < -0.39 is 6.16 Å². The first-order valence-corrected chi connectivity index (χ1v) is 5.55. The second kappa shape index (κ2) is 7.46. The van der Waals surface area contributed by atoms with Gasteiger partial charge < -0.3 is 0 Å². The van der Waals surface area contributed by atoms with E-state index in [-0.39, 0.29) is 24.0 Å². The summed E-state index contributed by atoms with van der Waals surface area (Å²) in [4.78, 5) is 29.4. The number of carbonyl (C=O) groups excluding carboxylic acids is 1. The van der Waals surface area contributed by atoms with Gasteiger partial charge in [0.05, 0.1) is 0 Å². The van der Waals surface area contributed by atoms with E-state index in [4.69, 9.17) is 9.78 Å². The molecule has 0 aliphatic carbocycles. The van der Waals surface area contributed by atoms with Crippen LogP contribution in [0.15, 0.2) is 0 Å². The summed E-state index contributed by atoms with van der Waals surface area (Å²) in [5, 5.41) is 0. The van der Waals surface area contributed by atoms with Crippen LogP contribution in [0.1, 0.15) is 41.5 Å². The molecule has 0 fully saturated rings. The van der Waals surface area contributed by atoms with Crippen LogP contribution < -0.4 is 0 Å². The standard InChI is InChI=1S/C11H22O5/c1-7(2)9(5)13-15-11(12)16-14-10(6)8(3)4/h7-10H,1-6H3. The third-order valence-corrected chi connectivity index (χ3v) is 2.41. The van der Waals surface area contributed by atoms with Crippen molar-refractivity contribution in [2.45, 2.75) is 53.8 Å². The molecule has 0 bridgehead atoms. The van der Waals surface area contributed by atoms with E-state index in [0.717, 1.165) is 0 Å². The average molecular weight is 234 g/mol. The van der Waals surface area contributed by atoms with E-state index in [9.17, 15) is 4.79 Å². The molecule has 2 atom stereocenters. The Balaban J connectivity index is 3.67. The maximum Gasteiger partial charge on any atom is 0.573 e. The largest absolute Gasteiger partial charge is 0.573 e. The van der Waals surface area contributed by atoms with Gasteiger partial charge in [-0.05, 0) is 25.7 Å². The van der Waals surface area contributed by atoms with Gasteiger partial charge in [-0.1, -0.05) is 27.7 Å². The Labute approximate surface area is 96.9 Å². The lowest BCUT2D eigenvalue weighted by molar-refractivity contribution is -0.350. The van der Waals surface area contributed by atoms with Gasteiger partial charge in [0.15, 0.2) is 0 Å². The van der Waals surface area contributed by atoms with Gasteiger partial charge in [-0.25, -0.2) is 0 Å². The second-order valence-corrected chi connectivity index (χ2v) is 4.51. The number of hydrogen-bond acceptors (Lipinski definition) is 5. The molecule has 0 aliphatic rings. The zero-order chi connectivity index (χ0) is 12.7. The van der Waals surface area contributed by atoms with Crippen molar-refractivity contribution in [2.75, 3.05) is 0 Å². The van der Waals surface area contributed by atoms with Crippen LogP contribution in [0.5, 0.6) is 0 Å². The average Bonchev–Trinajstić information content (AvgIpc) is 2.21. The molecular weight excluding hydrogens is 212 g/mol. The van der Waals surface area contributed by atoms with Crippen LogP contribution in [0.3, 0.4) is 0 Å². The molecule has 0 aromatic heterocycles. The van der Waals surface area contributed by atoms with Crippen LogP contribution in [0.25, 0.3) is 0 Å². The molecule has 0 radical (unpaired) electrons. The van der Waals surface area contributed by atoms with Crippen LogP contribution in [-0.2, 0) is 19.6 Å². The molecule has 0 saturated carbocycles. The van der Waals surface area contributed by atoms with E-state index in [1.807, 2.05) is 27.7 Å². The molecule has 0 saturated heterocycles. The SMILES string of the molecule is CC(C)C(C)OOC(=O)OOC(C)C(C)C. The number of carbonyl (C=O) groups is 1. The Morgan fingerprint density at radius 3 is 1.31 bits per heavy atom. The maximum atomic E-state index is 11.0. The predicted molar refractivity (Wildman–Crippen MR) is 58.3 cm³/mol. The Hall–Kier alpha value is -0.810. The van der Waals surface area contributed by atoms with E-state index >= 15 is 0 Å². The van der Waals surface area contributed by atoms with Crippen molar-refractivity contribution in [1.82, 2.24) is 0 Å². The molecule has 2 unspecified atom stereocenters. The fraction of sp³-hybridized carbons (Fsp3) is 0.909. The van der Waals surface area contributed by atoms with E-state index in [2.05, 4.69) is 9.78 Å². The maximum absolute atomic E-state index is 11.0. The Bertz CT molecular complexity index is 183. The molecule has 0 spiro atoms. The van der Waals surface area contributed by atoms with Gasteiger partial charge in [0.1, 0.15) is 12.2 Å². The molecule has 5 heteroatoms. The monoisotopic (exact) mass is 234 g/mol. The van der Waals surface area contributed by atoms with Gasteiger partial charge in [0, 0.05) is 0 Å². The smallest absolute Gasteiger partial charge is 0.257 e. The van der Waals surface area contributed by atoms with Gasteiger partial charge in [-0.2, -0.15) is 14.6 Å². The van der Waals surface area contributed by atoms with Crippen LogP contribution in [0.2, 0.25) is 0 Å². The molecule has 0 N–H and O–H groups in total. The minimum Gasteiger partial charge on any atom is -0.257 e. The van der Waals surface area contributed by atoms with Crippen molar-refractivity contribution in [3.63, 3.8) is 0 Å². The summed E-state index contributed by atoms with van der Waals surface area (Å²) in [7, 11) is 0. The van der Waals surface area contributed by atoms with Crippen molar-refractivity contribution < 1.29 is 24.3 Å². The topological polar surface area (TPSA) is 54.0 Å². The highest BCUT2D eigenvalue weighted by Gasteiger charge is 2.16. The van der Waals surface area contributed by atoms with Crippen molar-refractivity contribution in [3.8, 4) is 0 Å². The molecule has 0 aromatic rings. The van der Waals surface area contributed by atoms with Gasteiger partial charge in [0.2, 0.25) is 0 Å². The third-order valence-electron chi connectivity index (χ3n) is 2.41. The molecule has 0 rings (SSSR count). The number of rotatable bonds is 6. The Morgan fingerprint density at radius 1 is 0.750 bits per heavy atom. The zero-order valence-corrected chi connectivity index (χ0v) is 10.9. The lowest BCUT2D eigenvalue weighted by Crippen LogP contribution is -2.22. The second-order valence-electron chi connectivity index (χ2n) is 4.51. The van der Waals surface area contributed by atoms with Crippen LogP contribution in [0.4, 0.5) is 4.79 Å².